The zero-order chi connectivity index (χ0) is 22.9. The van der Waals surface area contributed by atoms with Gasteiger partial charge in [0.25, 0.3) is 5.91 Å². The number of aromatic nitrogens is 2. The van der Waals surface area contributed by atoms with Crippen LogP contribution in [0, 0.1) is 0 Å². The van der Waals surface area contributed by atoms with Gasteiger partial charge in [0.05, 0.1) is 16.7 Å². The first-order chi connectivity index (χ1) is 15.1. The Kier molecular flexibility index (Phi) is 5.43. The Hall–Kier alpha value is -3.73. The second-order valence-corrected chi connectivity index (χ2v) is 8.63. The van der Waals surface area contributed by atoms with Crippen molar-refractivity contribution in [2.24, 2.45) is 0 Å². The van der Waals surface area contributed by atoms with Crippen LogP contribution in [0.1, 0.15) is 21.7 Å². The van der Waals surface area contributed by atoms with E-state index in [9.17, 15) is 26.4 Å². The monoisotopic (exact) mass is 461 g/mol. The number of hydrogen-bond acceptors (Lipinski definition) is 6. The SMILES string of the molecule is O=C(NCc1ccc(S(=O)(=O)c2cc(C(F)(F)F)ccn2)cc1)c1cc2ccncc2o1. The van der Waals surface area contributed by atoms with Crippen LogP contribution >= 0.6 is 0 Å². The van der Waals surface area contributed by atoms with Gasteiger partial charge in [-0.05, 0) is 42.0 Å². The number of amides is 1. The maximum absolute atomic E-state index is 12.9. The molecule has 3 aromatic heterocycles. The van der Waals surface area contributed by atoms with Crippen LogP contribution in [-0.4, -0.2) is 24.3 Å². The third kappa shape index (κ3) is 4.33. The lowest BCUT2D eigenvalue weighted by molar-refractivity contribution is -0.137. The molecule has 0 aliphatic heterocycles. The fourth-order valence-electron chi connectivity index (χ4n) is 2.91. The molecule has 164 valence electrons. The van der Waals surface area contributed by atoms with Crippen LogP contribution < -0.4 is 5.32 Å². The van der Waals surface area contributed by atoms with E-state index in [1.807, 2.05) is 0 Å². The average Bonchev–Trinajstić information content (AvgIpc) is 3.22. The maximum atomic E-state index is 12.9. The maximum Gasteiger partial charge on any atom is 0.416 e. The number of furan rings is 1. The molecule has 0 aliphatic rings. The molecular formula is C21H14F3N3O4S. The fraction of sp³-hybridized carbons (Fsp3) is 0.0952. The molecule has 0 radical (unpaired) electrons. The molecule has 0 saturated carbocycles. The average molecular weight is 461 g/mol. The number of alkyl halides is 3. The van der Waals surface area contributed by atoms with E-state index in [4.69, 9.17) is 4.42 Å². The van der Waals surface area contributed by atoms with Crippen molar-refractivity contribution >= 4 is 26.7 Å². The van der Waals surface area contributed by atoms with Gasteiger partial charge in [0.15, 0.2) is 16.4 Å². The molecule has 7 nitrogen and oxygen atoms in total. The Balaban J connectivity index is 1.47. The summed E-state index contributed by atoms with van der Waals surface area (Å²) in [5.74, 6) is -0.367. The number of halogens is 3. The van der Waals surface area contributed by atoms with E-state index in [0.29, 0.717) is 23.3 Å². The second kappa shape index (κ2) is 8.08. The molecule has 1 amide bonds. The highest BCUT2D eigenvalue weighted by atomic mass is 32.2. The normalized spacial score (nSPS) is 12.1. The Morgan fingerprint density at radius 2 is 1.78 bits per heavy atom. The number of sulfone groups is 1. The van der Waals surface area contributed by atoms with Crippen LogP contribution in [0.2, 0.25) is 0 Å². The van der Waals surface area contributed by atoms with Crippen molar-refractivity contribution in [3.63, 3.8) is 0 Å². The van der Waals surface area contributed by atoms with Gasteiger partial charge in [-0.15, -0.1) is 0 Å². The highest BCUT2D eigenvalue weighted by Crippen LogP contribution is 2.31. The molecule has 3 heterocycles. The van der Waals surface area contributed by atoms with E-state index in [2.05, 4.69) is 15.3 Å². The van der Waals surface area contributed by atoms with Gasteiger partial charge < -0.3 is 9.73 Å². The minimum atomic E-state index is -4.69. The molecule has 0 unspecified atom stereocenters. The summed E-state index contributed by atoms with van der Waals surface area (Å²) >= 11 is 0. The number of hydrogen-bond donors (Lipinski definition) is 1. The van der Waals surface area contributed by atoms with Crippen LogP contribution in [-0.2, 0) is 22.6 Å². The number of carbonyl (C=O) groups is 1. The predicted molar refractivity (Wildman–Crippen MR) is 106 cm³/mol. The summed E-state index contributed by atoms with van der Waals surface area (Å²) in [5, 5.41) is 2.67. The lowest BCUT2D eigenvalue weighted by Crippen LogP contribution is -2.22. The Morgan fingerprint density at radius 3 is 2.47 bits per heavy atom. The van der Waals surface area contributed by atoms with Crippen LogP contribution in [0.5, 0.6) is 0 Å². The van der Waals surface area contributed by atoms with Crippen molar-refractivity contribution < 1.29 is 30.8 Å². The quantitative estimate of drug-likeness (QED) is 0.482. The number of benzene rings is 1. The van der Waals surface area contributed by atoms with Crippen molar-refractivity contribution in [1.29, 1.82) is 0 Å². The van der Waals surface area contributed by atoms with Crippen molar-refractivity contribution in [2.45, 2.75) is 22.6 Å². The molecule has 4 rings (SSSR count). The number of rotatable bonds is 5. The highest BCUT2D eigenvalue weighted by molar-refractivity contribution is 7.91. The summed E-state index contributed by atoms with van der Waals surface area (Å²) < 4.78 is 69.3. The van der Waals surface area contributed by atoms with Gasteiger partial charge in [0, 0.05) is 24.3 Å². The minimum Gasteiger partial charge on any atom is -0.449 e. The van der Waals surface area contributed by atoms with Gasteiger partial charge in [-0.25, -0.2) is 13.4 Å². The van der Waals surface area contributed by atoms with Crippen molar-refractivity contribution in [3.8, 4) is 0 Å². The van der Waals surface area contributed by atoms with E-state index < -0.39 is 32.5 Å². The van der Waals surface area contributed by atoms with Crippen molar-refractivity contribution in [2.75, 3.05) is 0 Å². The molecular weight excluding hydrogens is 447 g/mol. The molecule has 1 N–H and O–H groups in total. The number of pyridine rings is 2. The molecule has 0 fully saturated rings. The standard InChI is InChI=1S/C21H14F3N3O4S/c22-21(23,24)15-6-8-26-19(10-15)32(29,30)16-3-1-13(2-4-16)11-27-20(28)17-9-14-5-7-25-12-18(14)31-17/h1-10,12H,11H2,(H,27,28). The second-order valence-electron chi connectivity index (χ2n) is 6.73. The first kappa shape index (κ1) is 21.5. The summed E-state index contributed by atoms with van der Waals surface area (Å²) in [4.78, 5) is 19.6. The summed E-state index contributed by atoms with van der Waals surface area (Å²) in [6.07, 6.45) is -0.825. The third-order valence-electron chi connectivity index (χ3n) is 4.57. The molecule has 4 aromatic rings. The topological polar surface area (TPSA) is 102 Å². The third-order valence-corrected chi connectivity index (χ3v) is 6.24. The Bertz CT molecular complexity index is 1360. The molecule has 11 heteroatoms. The minimum absolute atomic E-state index is 0.0796. The summed E-state index contributed by atoms with van der Waals surface area (Å²) in [5.41, 5.74) is -0.0609. The number of nitrogens with one attached hydrogen (secondary N) is 1. The zero-order valence-electron chi connectivity index (χ0n) is 16.1. The first-order valence-corrected chi connectivity index (χ1v) is 10.6. The molecule has 0 atom stereocenters. The lowest BCUT2D eigenvalue weighted by Gasteiger charge is -2.09. The van der Waals surface area contributed by atoms with E-state index >= 15 is 0 Å². The summed E-state index contributed by atoms with van der Waals surface area (Å²) in [6.45, 7) is 0.0796. The smallest absolute Gasteiger partial charge is 0.416 e. The fourth-order valence-corrected chi connectivity index (χ4v) is 4.12. The van der Waals surface area contributed by atoms with E-state index in [0.717, 1.165) is 11.6 Å². The van der Waals surface area contributed by atoms with Gasteiger partial charge in [-0.1, -0.05) is 12.1 Å². The van der Waals surface area contributed by atoms with Crippen LogP contribution in [0.4, 0.5) is 13.2 Å². The van der Waals surface area contributed by atoms with Gasteiger partial charge in [0.1, 0.15) is 0 Å². The summed E-state index contributed by atoms with van der Waals surface area (Å²) in [6, 6.07) is 9.84. The Morgan fingerprint density at radius 1 is 1.03 bits per heavy atom. The van der Waals surface area contributed by atoms with Gasteiger partial charge in [0.2, 0.25) is 9.84 Å². The van der Waals surface area contributed by atoms with Crippen LogP contribution in [0.25, 0.3) is 11.0 Å². The number of carbonyl (C=O) groups excluding carboxylic acids is 1. The van der Waals surface area contributed by atoms with Crippen molar-refractivity contribution in [1.82, 2.24) is 15.3 Å². The van der Waals surface area contributed by atoms with E-state index in [-0.39, 0.29) is 17.2 Å². The zero-order valence-corrected chi connectivity index (χ0v) is 16.9. The molecule has 1 aromatic carbocycles. The predicted octanol–water partition coefficient (Wildman–Crippen LogP) is 4.00. The summed E-state index contributed by atoms with van der Waals surface area (Å²) in [7, 11) is -4.25. The highest BCUT2D eigenvalue weighted by Gasteiger charge is 2.32. The molecule has 32 heavy (non-hydrogen) atoms. The first-order valence-electron chi connectivity index (χ1n) is 9.13. The molecule has 0 spiro atoms. The van der Waals surface area contributed by atoms with Crippen LogP contribution in [0.3, 0.4) is 0 Å². The molecule has 0 bridgehead atoms. The lowest BCUT2D eigenvalue weighted by atomic mass is 10.2. The van der Waals surface area contributed by atoms with Gasteiger partial charge >= 0.3 is 6.18 Å². The molecule has 0 saturated heterocycles. The van der Waals surface area contributed by atoms with E-state index in [1.54, 1.807) is 18.3 Å². The van der Waals surface area contributed by atoms with Crippen molar-refractivity contribution in [3.05, 3.63) is 84.0 Å². The Labute approximate surface area is 179 Å². The number of fused-ring (bicyclic) bond motifs is 1. The largest absolute Gasteiger partial charge is 0.449 e. The molecule has 0 aliphatic carbocycles. The van der Waals surface area contributed by atoms with Crippen LogP contribution in [0.15, 0.2) is 81.5 Å². The van der Waals surface area contributed by atoms with E-state index in [1.165, 1.54) is 30.5 Å². The number of nitrogens with zero attached hydrogens (tertiary/aromatic N) is 2. The van der Waals surface area contributed by atoms with Gasteiger partial charge in [-0.3, -0.25) is 9.78 Å². The van der Waals surface area contributed by atoms with Gasteiger partial charge in [-0.2, -0.15) is 13.2 Å².